The Morgan fingerprint density at radius 3 is 2.68 bits per heavy atom. The molecule has 1 fully saturated rings. The number of aromatic nitrogens is 1. The predicted octanol–water partition coefficient (Wildman–Crippen LogP) is 5.78. The minimum Gasteiger partial charge on any atom is -0.478 e. The van der Waals surface area contributed by atoms with Gasteiger partial charge in [-0.2, -0.15) is 13.2 Å². The Bertz CT molecular complexity index is 1030. The molecule has 166 valence electrons. The van der Waals surface area contributed by atoms with Crippen LogP contribution in [0.2, 0.25) is 0 Å². The number of benzene rings is 1. The van der Waals surface area contributed by atoms with Crippen LogP contribution in [0.1, 0.15) is 49.9 Å². The molecular formula is C24H27F3N2O2. The zero-order valence-corrected chi connectivity index (χ0v) is 17.5. The number of aromatic amines is 1. The molecule has 0 amide bonds. The standard InChI is InChI=1S/C24H27F3N2O2/c1-15(8-10-21(30)31)7-9-20-22-18(17-5-3-4-6-19(17)28-22)13-16(2)29(20)14-23(11-12-23)24(25,26)27/h3-6,8,10,16,20,28H,1,7,9,11-14H2,2H3,(H,30,31)/b10-8+. The molecule has 1 aliphatic heterocycles. The van der Waals surface area contributed by atoms with Gasteiger partial charge in [0.15, 0.2) is 0 Å². The van der Waals surface area contributed by atoms with Gasteiger partial charge in [-0.25, -0.2) is 4.79 Å². The summed E-state index contributed by atoms with van der Waals surface area (Å²) in [5.74, 6) is -1.05. The topological polar surface area (TPSA) is 56.3 Å². The molecule has 7 heteroatoms. The molecule has 2 N–H and O–H groups in total. The van der Waals surface area contributed by atoms with E-state index in [0.29, 0.717) is 24.8 Å². The maximum Gasteiger partial charge on any atom is 0.395 e. The highest BCUT2D eigenvalue weighted by atomic mass is 19.4. The highest BCUT2D eigenvalue weighted by Gasteiger charge is 2.64. The smallest absolute Gasteiger partial charge is 0.395 e. The van der Waals surface area contributed by atoms with E-state index in [1.807, 2.05) is 30.0 Å². The van der Waals surface area contributed by atoms with Crippen molar-refractivity contribution in [1.29, 1.82) is 0 Å². The van der Waals surface area contributed by atoms with Crippen molar-refractivity contribution in [3.8, 4) is 0 Å². The molecule has 2 aromatic rings. The average Bonchev–Trinajstić information content (AvgIpc) is 3.41. The second-order valence-corrected chi connectivity index (χ2v) is 8.95. The number of hydrogen-bond acceptors (Lipinski definition) is 2. The highest BCUT2D eigenvalue weighted by molar-refractivity contribution is 5.85. The number of carbonyl (C=O) groups is 1. The molecule has 2 unspecified atom stereocenters. The van der Waals surface area contributed by atoms with E-state index in [0.717, 1.165) is 22.7 Å². The normalized spacial score (nSPS) is 23.2. The molecule has 0 spiro atoms. The summed E-state index contributed by atoms with van der Waals surface area (Å²) in [6.07, 6.45) is 0.436. The lowest BCUT2D eigenvalue weighted by Crippen LogP contribution is -2.48. The number of H-pyrrole nitrogens is 1. The van der Waals surface area contributed by atoms with Crippen LogP contribution in [0.5, 0.6) is 0 Å². The van der Waals surface area contributed by atoms with Crippen molar-refractivity contribution in [2.24, 2.45) is 5.41 Å². The van der Waals surface area contributed by atoms with Crippen molar-refractivity contribution >= 4 is 16.9 Å². The molecule has 2 atom stereocenters. The van der Waals surface area contributed by atoms with Crippen LogP contribution in [0.4, 0.5) is 13.2 Å². The minimum atomic E-state index is -4.20. The SMILES string of the molecule is C=C(/C=C/C(=O)O)CCC1c2[nH]c3ccccc3c2CC(C)N1CC1(C(F)(F)F)CC1. The fourth-order valence-electron chi connectivity index (χ4n) is 4.81. The zero-order valence-electron chi connectivity index (χ0n) is 17.5. The first kappa shape index (κ1) is 21.7. The average molecular weight is 432 g/mol. The Balaban J connectivity index is 1.66. The van der Waals surface area contributed by atoms with E-state index < -0.39 is 17.6 Å². The molecule has 1 saturated carbocycles. The Hall–Kier alpha value is -2.54. The van der Waals surface area contributed by atoms with E-state index in [-0.39, 0.29) is 31.5 Å². The van der Waals surface area contributed by atoms with Crippen LogP contribution >= 0.6 is 0 Å². The van der Waals surface area contributed by atoms with Gasteiger partial charge in [-0.3, -0.25) is 4.90 Å². The first-order chi connectivity index (χ1) is 14.6. The first-order valence-electron chi connectivity index (χ1n) is 10.6. The second-order valence-electron chi connectivity index (χ2n) is 8.95. The van der Waals surface area contributed by atoms with E-state index in [9.17, 15) is 18.0 Å². The minimum absolute atomic E-state index is 0.00538. The first-order valence-corrected chi connectivity index (χ1v) is 10.6. The fraction of sp³-hybridized carbons (Fsp3) is 0.458. The maximum absolute atomic E-state index is 13.7. The van der Waals surface area contributed by atoms with Gasteiger partial charge in [0, 0.05) is 35.3 Å². The largest absolute Gasteiger partial charge is 0.478 e. The van der Waals surface area contributed by atoms with E-state index >= 15 is 0 Å². The molecule has 1 aromatic heterocycles. The van der Waals surface area contributed by atoms with Gasteiger partial charge < -0.3 is 10.1 Å². The summed E-state index contributed by atoms with van der Waals surface area (Å²) in [4.78, 5) is 16.3. The highest BCUT2D eigenvalue weighted by Crippen LogP contribution is 2.59. The summed E-state index contributed by atoms with van der Waals surface area (Å²) < 4.78 is 41.2. The Morgan fingerprint density at radius 1 is 1.32 bits per heavy atom. The molecule has 2 aliphatic rings. The lowest BCUT2D eigenvalue weighted by molar-refractivity contribution is -0.195. The number of halogens is 3. The number of rotatable bonds is 7. The number of hydrogen-bond donors (Lipinski definition) is 2. The summed E-state index contributed by atoms with van der Waals surface area (Å²) in [7, 11) is 0. The molecule has 2 heterocycles. The number of fused-ring (bicyclic) bond motifs is 3. The lowest BCUT2D eigenvalue weighted by atomic mass is 9.88. The molecule has 1 aromatic carbocycles. The van der Waals surface area contributed by atoms with E-state index in [4.69, 9.17) is 5.11 Å². The van der Waals surface area contributed by atoms with Gasteiger partial charge in [-0.15, -0.1) is 0 Å². The van der Waals surface area contributed by atoms with Crippen molar-refractivity contribution < 1.29 is 23.1 Å². The summed E-state index contributed by atoms with van der Waals surface area (Å²) in [5.41, 5.74) is 2.19. The molecule has 0 saturated heterocycles. The van der Waals surface area contributed by atoms with Crippen LogP contribution in [0.25, 0.3) is 10.9 Å². The third-order valence-electron chi connectivity index (χ3n) is 6.79. The molecule has 4 nitrogen and oxygen atoms in total. The number of para-hydroxylation sites is 1. The van der Waals surface area contributed by atoms with Crippen LogP contribution < -0.4 is 0 Å². The van der Waals surface area contributed by atoms with E-state index in [1.54, 1.807) is 0 Å². The summed E-state index contributed by atoms with van der Waals surface area (Å²) in [6, 6.07) is 7.73. The lowest BCUT2D eigenvalue weighted by Gasteiger charge is -2.43. The van der Waals surface area contributed by atoms with Crippen LogP contribution in [0.3, 0.4) is 0 Å². The van der Waals surface area contributed by atoms with Crippen molar-refractivity contribution in [3.05, 3.63) is 59.8 Å². The summed E-state index contributed by atoms with van der Waals surface area (Å²) in [6.45, 7) is 5.92. The van der Waals surface area contributed by atoms with Gasteiger partial charge in [0.25, 0.3) is 0 Å². The van der Waals surface area contributed by atoms with Crippen molar-refractivity contribution in [1.82, 2.24) is 9.88 Å². The third-order valence-corrected chi connectivity index (χ3v) is 6.79. The van der Waals surface area contributed by atoms with Gasteiger partial charge in [0.2, 0.25) is 0 Å². The molecule has 1 aliphatic carbocycles. The molecule has 4 rings (SSSR count). The fourth-order valence-corrected chi connectivity index (χ4v) is 4.81. The molecular weight excluding hydrogens is 405 g/mol. The number of carboxylic acid groups (broad SMARTS) is 1. The maximum atomic E-state index is 13.7. The van der Waals surface area contributed by atoms with Gasteiger partial charge in [-0.1, -0.05) is 36.4 Å². The van der Waals surface area contributed by atoms with Crippen LogP contribution in [-0.4, -0.2) is 39.7 Å². The van der Waals surface area contributed by atoms with Gasteiger partial charge in [-0.05, 0) is 50.7 Å². The zero-order chi connectivity index (χ0) is 22.4. The molecule has 31 heavy (non-hydrogen) atoms. The number of nitrogens with zero attached hydrogens (tertiary/aromatic N) is 1. The van der Waals surface area contributed by atoms with Crippen LogP contribution in [0.15, 0.2) is 48.6 Å². The Morgan fingerprint density at radius 2 is 2.03 bits per heavy atom. The second kappa shape index (κ2) is 7.86. The molecule has 0 bridgehead atoms. The van der Waals surface area contributed by atoms with Crippen LogP contribution in [0, 0.1) is 5.41 Å². The number of aliphatic carboxylic acids is 1. The van der Waals surface area contributed by atoms with Gasteiger partial charge in [0.05, 0.1) is 11.5 Å². The Labute approximate surface area is 179 Å². The van der Waals surface area contributed by atoms with Crippen molar-refractivity contribution in [2.45, 2.75) is 57.3 Å². The number of allylic oxidation sites excluding steroid dienone is 2. The van der Waals surface area contributed by atoms with E-state index in [2.05, 4.69) is 17.6 Å². The Kier molecular flexibility index (Phi) is 5.50. The third kappa shape index (κ3) is 4.15. The van der Waals surface area contributed by atoms with Crippen molar-refractivity contribution in [2.75, 3.05) is 6.54 Å². The predicted molar refractivity (Wildman–Crippen MR) is 114 cm³/mol. The van der Waals surface area contributed by atoms with Gasteiger partial charge >= 0.3 is 12.1 Å². The number of nitrogens with one attached hydrogen (secondary N) is 1. The van der Waals surface area contributed by atoms with Crippen molar-refractivity contribution in [3.63, 3.8) is 0 Å². The number of carboxylic acids is 1. The summed E-state index contributed by atoms with van der Waals surface area (Å²) in [5, 5.41) is 9.95. The summed E-state index contributed by atoms with van der Waals surface area (Å²) >= 11 is 0. The molecule has 0 radical (unpaired) electrons. The number of alkyl halides is 3. The van der Waals surface area contributed by atoms with Crippen LogP contribution in [-0.2, 0) is 11.2 Å². The monoisotopic (exact) mass is 432 g/mol. The van der Waals surface area contributed by atoms with Gasteiger partial charge in [0.1, 0.15) is 0 Å². The van der Waals surface area contributed by atoms with E-state index in [1.165, 1.54) is 11.6 Å². The quantitative estimate of drug-likeness (QED) is 0.431.